The van der Waals surface area contributed by atoms with E-state index in [1.54, 1.807) is 36.6 Å². The highest BCUT2D eigenvalue weighted by Crippen LogP contribution is 2.36. The normalized spacial score (nSPS) is 11.8. The van der Waals surface area contributed by atoms with Crippen LogP contribution in [-0.2, 0) is 0 Å². The molecule has 6 nitrogen and oxygen atoms in total. The van der Waals surface area contributed by atoms with Gasteiger partial charge in [-0.2, -0.15) is 0 Å². The molecule has 0 saturated carbocycles. The second kappa shape index (κ2) is 8.50. The summed E-state index contributed by atoms with van der Waals surface area (Å²) in [6.07, 6.45) is 1.37. The maximum Gasteiger partial charge on any atom is 0.227 e. The van der Waals surface area contributed by atoms with Gasteiger partial charge in [-0.1, -0.05) is 47.8 Å². The molecule has 3 aromatic rings. The minimum absolute atomic E-state index is 0.0412. The van der Waals surface area contributed by atoms with Crippen molar-refractivity contribution in [1.29, 1.82) is 0 Å². The van der Waals surface area contributed by atoms with Crippen molar-refractivity contribution in [2.75, 3.05) is 19.8 Å². The van der Waals surface area contributed by atoms with E-state index in [4.69, 9.17) is 39.5 Å². The van der Waals surface area contributed by atoms with Gasteiger partial charge in [-0.3, -0.25) is 4.79 Å². The number of benzene rings is 1. The second-order valence-corrected chi connectivity index (χ2v) is 8.33. The molecule has 154 valence electrons. The zero-order valence-electron chi connectivity index (χ0n) is 15.7. The molecule has 0 radical (unpaired) electrons. The molecule has 0 aliphatic heterocycles. The van der Waals surface area contributed by atoms with Crippen LogP contribution in [-0.4, -0.2) is 39.6 Å². The number of fused-ring (bicyclic) bond motifs is 1. The molecule has 29 heavy (non-hydrogen) atoms. The number of hydrogen-bond donors (Lipinski definition) is 2. The molecule has 0 amide bonds. The van der Waals surface area contributed by atoms with Crippen LogP contribution in [0, 0.1) is 12.3 Å². The largest absolute Gasteiger partial charge is 0.476 e. The van der Waals surface area contributed by atoms with E-state index in [-0.39, 0.29) is 41.5 Å². The zero-order chi connectivity index (χ0) is 21.3. The first-order valence-electron chi connectivity index (χ1n) is 8.72. The van der Waals surface area contributed by atoms with Crippen LogP contribution in [0.2, 0.25) is 15.1 Å². The molecule has 0 aliphatic carbocycles. The van der Waals surface area contributed by atoms with Crippen LogP contribution in [0.5, 0.6) is 5.88 Å². The molecule has 0 spiro atoms. The molecule has 3 rings (SSSR count). The van der Waals surface area contributed by atoms with Crippen LogP contribution < -0.4 is 10.2 Å². The fourth-order valence-corrected chi connectivity index (χ4v) is 3.68. The minimum Gasteiger partial charge on any atom is -0.476 e. The lowest BCUT2D eigenvalue weighted by atomic mass is 9.94. The zero-order valence-corrected chi connectivity index (χ0v) is 18.0. The van der Waals surface area contributed by atoms with E-state index in [0.717, 1.165) is 0 Å². The lowest BCUT2D eigenvalue weighted by Crippen LogP contribution is -2.33. The lowest BCUT2D eigenvalue weighted by Gasteiger charge is -2.25. The van der Waals surface area contributed by atoms with Crippen molar-refractivity contribution >= 4 is 45.7 Å². The Morgan fingerprint density at radius 3 is 2.34 bits per heavy atom. The van der Waals surface area contributed by atoms with Crippen molar-refractivity contribution in [3.8, 4) is 11.6 Å². The molecule has 2 heterocycles. The predicted molar refractivity (Wildman–Crippen MR) is 115 cm³/mol. The van der Waals surface area contributed by atoms with E-state index in [1.165, 1.54) is 12.3 Å². The van der Waals surface area contributed by atoms with Gasteiger partial charge in [0.25, 0.3) is 0 Å². The summed E-state index contributed by atoms with van der Waals surface area (Å²) in [4.78, 5) is 17.0. The third-order valence-electron chi connectivity index (χ3n) is 4.62. The molecule has 1 aromatic carbocycles. The molecule has 0 unspecified atom stereocenters. The SMILES string of the molecule is Cc1cc(=O)c2c(OCC(C)(CO)CO)ncc(Cl)c2n1-c1c(Cl)cccc1Cl. The quantitative estimate of drug-likeness (QED) is 0.584. The van der Waals surface area contributed by atoms with Crippen LogP contribution in [0.25, 0.3) is 16.6 Å². The van der Waals surface area contributed by atoms with Gasteiger partial charge in [0.05, 0.1) is 52.3 Å². The summed E-state index contributed by atoms with van der Waals surface area (Å²) in [6, 6.07) is 6.51. The van der Waals surface area contributed by atoms with Gasteiger partial charge in [0.15, 0.2) is 5.43 Å². The Morgan fingerprint density at radius 2 is 1.76 bits per heavy atom. The van der Waals surface area contributed by atoms with Crippen molar-refractivity contribution in [3.63, 3.8) is 0 Å². The highest BCUT2D eigenvalue weighted by molar-refractivity contribution is 6.38. The van der Waals surface area contributed by atoms with Crippen molar-refractivity contribution in [1.82, 2.24) is 9.55 Å². The molecule has 0 saturated heterocycles. The third-order valence-corrected chi connectivity index (χ3v) is 5.50. The van der Waals surface area contributed by atoms with E-state index in [1.807, 2.05) is 0 Å². The fourth-order valence-electron chi connectivity index (χ4n) is 2.89. The summed E-state index contributed by atoms with van der Waals surface area (Å²) in [6.45, 7) is 2.74. The molecule has 2 N–H and O–H groups in total. The first-order chi connectivity index (χ1) is 13.7. The second-order valence-electron chi connectivity index (χ2n) is 7.11. The summed E-state index contributed by atoms with van der Waals surface area (Å²) in [5.74, 6) is 0.0412. The molecule has 9 heteroatoms. The Kier molecular flexibility index (Phi) is 6.41. The number of aryl methyl sites for hydroxylation is 1. The average molecular weight is 458 g/mol. The van der Waals surface area contributed by atoms with E-state index < -0.39 is 5.41 Å². The van der Waals surface area contributed by atoms with Gasteiger partial charge in [-0.25, -0.2) is 4.98 Å². The van der Waals surface area contributed by atoms with E-state index in [9.17, 15) is 15.0 Å². The van der Waals surface area contributed by atoms with Crippen molar-refractivity contribution in [2.45, 2.75) is 13.8 Å². The van der Waals surface area contributed by atoms with E-state index >= 15 is 0 Å². The van der Waals surface area contributed by atoms with Gasteiger partial charge in [0.2, 0.25) is 5.88 Å². The van der Waals surface area contributed by atoms with Gasteiger partial charge in [-0.05, 0) is 19.1 Å². The van der Waals surface area contributed by atoms with Crippen LogP contribution in [0.4, 0.5) is 0 Å². The Hall–Kier alpha value is -1.83. The molecule has 0 bridgehead atoms. The standard InChI is InChI=1S/C20H19Cl3N2O4/c1-11-6-15(28)16-18(25(11)17-12(21)4-3-5-13(17)22)14(23)7-24-19(16)29-10-20(2,8-26)9-27/h3-7,26-27H,8-10H2,1-2H3. The number of para-hydroxylation sites is 1. The maximum absolute atomic E-state index is 12.8. The van der Waals surface area contributed by atoms with Crippen LogP contribution in [0.1, 0.15) is 12.6 Å². The van der Waals surface area contributed by atoms with E-state index in [0.29, 0.717) is 26.9 Å². The summed E-state index contributed by atoms with van der Waals surface area (Å²) in [7, 11) is 0. The molecular weight excluding hydrogens is 439 g/mol. The van der Waals surface area contributed by atoms with Crippen LogP contribution >= 0.6 is 34.8 Å². The molecule has 0 aliphatic rings. The first kappa shape index (κ1) is 21.9. The number of aliphatic hydroxyl groups excluding tert-OH is 2. The number of nitrogens with zero attached hydrogens (tertiary/aromatic N) is 2. The van der Waals surface area contributed by atoms with Gasteiger partial charge in [0.1, 0.15) is 5.39 Å². The number of aromatic nitrogens is 2. The highest BCUT2D eigenvalue weighted by Gasteiger charge is 2.26. The number of pyridine rings is 2. The van der Waals surface area contributed by atoms with E-state index in [2.05, 4.69) is 4.98 Å². The van der Waals surface area contributed by atoms with Crippen molar-refractivity contribution in [2.24, 2.45) is 5.41 Å². The molecule has 2 aromatic heterocycles. The predicted octanol–water partition coefficient (Wildman–Crippen LogP) is 4.02. The monoisotopic (exact) mass is 456 g/mol. The van der Waals surface area contributed by atoms with Crippen LogP contribution in [0.15, 0.2) is 35.3 Å². The topological polar surface area (TPSA) is 84.6 Å². The Bertz CT molecular complexity index is 1110. The smallest absolute Gasteiger partial charge is 0.227 e. The van der Waals surface area contributed by atoms with Gasteiger partial charge in [0, 0.05) is 17.2 Å². The Morgan fingerprint density at radius 1 is 1.14 bits per heavy atom. The Balaban J connectivity index is 2.30. The number of hydrogen-bond acceptors (Lipinski definition) is 5. The maximum atomic E-state index is 12.8. The summed E-state index contributed by atoms with van der Waals surface area (Å²) in [5, 5.41) is 20.1. The number of ether oxygens (including phenoxy) is 1. The van der Waals surface area contributed by atoms with Gasteiger partial charge < -0.3 is 19.5 Å². The number of rotatable bonds is 6. The summed E-state index contributed by atoms with van der Waals surface area (Å²) < 4.78 is 7.41. The lowest BCUT2D eigenvalue weighted by molar-refractivity contribution is 0.0278. The van der Waals surface area contributed by atoms with Crippen molar-refractivity contribution < 1.29 is 14.9 Å². The Labute approximate surface area is 182 Å². The first-order valence-corrected chi connectivity index (χ1v) is 9.85. The fraction of sp³-hybridized carbons (Fsp3) is 0.300. The van der Waals surface area contributed by atoms with Crippen LogP contribution in [0.3, 0.4) is 0 Å². The molecule has 0 atom stereocenters. The average Bonchev–Trinajstić information content (AvgIpc) is 2.69. The van der Waals surface area contributed by atoms with Crippen molar-refractivity contribution in [3.05, 3.63) is 61.4 Å². The number of aliphatic hydroxyl groups is 2. The van der Waals surface area contributed by atoms with Gasteiger partial charge in [-0.15, -0.1) is 0 Å². The third kappa shape index (κ3) is 4.09. The summed E-state index contributed by atoms with van der Waals surface area (Å²) >= 11 is 19.2. The van der Waals surface area contributed by atoms with Gasteiger partial charge >= 0.3 is 0 Å². The highest BCUT2D eigenvalue weighted by atomic mass is 35.5. The molecule has 0 fully saturated rings. The molecular formula is C20H19Cl3N2O4. The number of halogens is 3. The minimum atomic E-state index is -0.899. The summed E-state index contributed by atoms with van der Waals surface area (Å²) in [5.41, 5.74) is 0.173.